The molecule has 0 unspecified atom stereocenters. The summed E-state index contributed by atoms with van der Waals surface area (Å²) < 4.78 is 18.9. The van der Waals surface area contributed by atoms with Gasteiger partial charge in [-0.3, -0.25) is 4.79 Å². The standard InChI is InChI=1S/C15H21FN2O2/c1-17-8-6-11(7-9-17)18(2)15(19)13-10-12(20-3)4-5-14(13)16/h4-5,10-11H,6-9H2,1-3H3. The van der Waals surface area contributed by atoms with Crippen LogP contribution in [-0.4, -0.2) is 56.0 Å². The average Bonchev–Trinajstić information content (AvgIpc) is 2.47. The van der Waals surface area contributed by atoms with Crippen LogP contribution in [0, 0.1) is 5.82 Å². The van der Waals surface area contributed by atoms with Crippen molar-refractivity contribution in [3.63, 3.8) is 0 Å². The lowest BCUT2D eigenvalue weighted by Gasteiger charge is -2.35. The van der Waals surface area contributed by atoms with E-state index in [-0.39, 0.29) is 17.5 Å². The number of hydrogen-bond acceptors (Lipinski definition) is 3. The summed E-state index contributed by atoms with van der Waals surface area (Å²) in [6.45, 7) is 1.92. The fourth-order valence-corrected chi connectivity index (χ4v) is 2.53. The van der Waals surface area contributed by atoms with Crippen molar-refractivity contribution in [3.8, 4) is 5.75 Å². The number of hydrogen-bond donors (Lipinski definition) is 0. The van der Waals surface area contributed by atoms with E-state index in [1.54, 1.807) is 11.9 Å². The molecule has 1 aromatic rings. The molecular weight excluding hydrogens is 259 g/mol. The number of halogens is 1. The van der Waals surface area contributed by atoms with Gasteiger partial charge in [-0.1, -0.05) is 0 Å². The zero-order chi connectivity index (χ0) is 14.7. The Hall–Kier alpha value is -1.62. The predicted octanol–water partition coefficient (Wildman–Crippen LogP) is 2.00. The van der Waals surface area contributed by atoms with Crippen LogP contribution in [0.1, 0.15) is 23.2 Å². The first kappa shape index (κ1) is 14.8. The zero-order valence-corrected chi connectivity index (χ0v) is 12.2. The molecule has 2 rings (SSSR count). The third-order valence-electron chi connectivity index (χ3n) is 3.96. The van der Waals surface area contributed by atoms with Gasteiger partial charge in [0.2, 0.25) is 0 Å². The van der Waals surface area contributed by atoms with Crippen molar-refractivity contribution in [2.24, 2.45) is 0 Å². The van der Waals surface area contributed by atoms with Crippen molar-refractivity contribution in [1.29, 1.82) is 0 Å². The van der Waals surface area contributed by atoms with E-state index in [1.807, 2.05) is 0 Å². The largest absolute Gasteiger partial charge is 0.497 e. The molecule has 4 nitrogen and oxygen atoms in total. The van der Waals surface area contributed by atoms with Crippen molar-refractivity contribution >= 4 is 5.91 Å². The highest BCUT2D eigenvalue weighted by Crippen LogP contribution is 2.21. The van der Waals surface area contributed by atoms with E-state index >= 15 is 0 Å². The second-order valence-electron chi connectivity index (χ2n) is 5.30. The summed E-state index contributed by atoms with van der Waals surface area (Å²) in [4.78, 5) is 16.3. The molecule has 1 aliphatic rings. The molecule has 1 aromatic carbocycles. The van der Waals surface area contributed by atoms with Gasteiger partial charge in [-0.05, 0) is 51.2 Å². The van der Waals surface area contributed by atoms with Crippen LogP contribution in [0.4, 0.5) is 4.39 Å². The molecule has 1 heterocycles. The third-order valence-corrected chi connectivity index (χ3v) is 3.96. The van der Waals surface area contributed by atoms with Gasteiger partial charge >= 0.3 is 0 Å². The van der Waals surface area contributed by atoms with Crippen molar-refractivity contribution in [2.45, 2.75) is 18.9 Å². The number of ether oxygens (including phenoxy) is 1. The second kappa shape index (κ2) is 6.22. The Morgan fingerprint density at radius 3 is 2.65 bits per heavy atom. The first-order chi connectivity index (χ1) is 9.52. The van der Waals surface area contributed by atoms with Gasteiger partial charge in [-0.15, -0.1) is 0 Å². The topological polar surface area (TPSA) is 32.8 Å². The van der Waals surface area contributed by atoms with Crippen molar-refractivity contribution < 1.29 is 13.9 Å². The molecule has 1 saturated heterocycles. The monoisotopic (exact) mass is 280 g/mol. The van der Waals surface area contributed by atoms with Gasteiger partial charge in [-0.2, -0.15) is 0 Å². The Balaban J connectivity index is 2.14. The number of carbonyl (C=O) groups excluding carboxylic acids is 1. The fraction of sp³-hybridized carbons (Fsp3) is 0.533. The summed E-state index contributed by atoms with van der Waals surface area (Å²) in [5, 5.41) is 0. The first-order valence-corrected chi connectivity index (χ1v) is 6.82. The highest BCUT2D eigenvalue weighted by Gasteiger charge is 2.26. The molecule has 110 valence electrons. The van der Waals surface area contributed by atoms with Crippen LogP contribution >= 0.6 is 0 Å². The average molecular weight is 280 g/mol. The maximum atomic E-state index is 13.8. The van der Waals surface area contributed by atoms with Gasteiger partial charge in [0, 0.05) is 13.1 Å². The Morgan fingerprint density at radius 2 is 2.05 bits per heavy atom. The number of methoxy groups -OCH3 is 1. The van der Waals surface area contributed by atoms with Crippen LogP contribution in [0.3, 0.4) is 0 Å². The zero-order valence-electron chi connectivity index (χ0n) is 12.2. The maximum Gasteiger partial charge on any atom is 0.256 e. The van der Waals surface area contributed by atoms with E-state index in [9.17, 15) is 9.18 Å². The van der Waals surface area contributed by atoms with E-state index < -0.39 is 5.82 Å². The SMILES string of the molecule is COc1ccc(F)c(C(=O)N(C)C2CCN(C)CC2)c1. The number of nitrogens with zero attached hydrogens (tertiary/aromatic N) is 2. The first-order valence-electron chi connectivity index (χ1n) is 6.82. The number of amides is 1. The Labute approximate surface area is 119 Å². The van der Waals surface area contributed by atoms with E-state index in [0.29, 0.717) is 5.75 Å². The lowest BCUT2D eigenvalue weighted by molar-refractivity contribution is 0.0654. The minimum Gasteiger partial charge on any atom is -0.497 e. The maximum absolute atomic E-state index is 13.8. The summed E-state index contributed by atoms with van der Waals surface area (Å²) in [5.41, 5.74) is 0.0748. The molecule has 20 heavy (non-hydrogen) atoms. The van der Waals surface area contributed by atoms with Crippen LogP contribution in [0.15, 0.2) is 18.2 Å². The number of likely N-dealkylation sites (tertiary alicyclic amines) is 1. The van der Waals surface area contributed by atoms with Crippen LogP contribution in [-0.2, 0) is 0 Å². The normalized spacial score (nSPS) is 17.0. The highest BCUT2D eigenvalue weighted by atomic mass is 19.1. The van der Waals surface area contributed by atoms with Gasteiger partial charge in [0.05, 0.1) is 12.7 Å². The van der Waals surface area contributed by atoms with Crippen molar-refractivity contribution in [2.75, 3.05) is 34.3 Å². The number of piperidine rings is 1. The highest BCUT2D eigenvalue weighted by molar-refractivity contribution is 5.95. The molecule has 0 spiro atoms. The lowest BCUT2D eigenvalue weighted by Crippen LogP contribution is -2.44. The van der Waals surface area contributed by atoms with E-state index in [4.69, 9.17) is 4.74 Å². The molecule has 0 N–H and O–H groups in total. The summed E-state index contributed by atoms with van der Waals surface area (Å²) in [6, 6.07) is 4.42. The molecule has 5 heteroatoms. The van der Waals surface area contributed by atoms with E-state index in [1.165, 1.54) is 25.3 Å². The van der Waals surface area contributed by atoms with E-state index in [0.717, 1.165) is 25.9 Å². The molecule has 0 saturated carbocycles. The van der Waals surface area contributed by atoms with Crippen LogP contribution in [0.5, 0.6) is 5.75 Å². The van der Waals surface area contributed by atoms with Crippen molar-refractivity contribution in [1.82, 2.24) is 9.80 Å². The van der Waals surface area contributed by atoms with Crippen LogP contribution < -0.4 is 4.74 Å². The molecule has 0 aromatic heterocycles. The lowest BCUT2D eigenvalue weighted by atomic mass is 10.0. The van der Waals surface area contributed by atoms with Gasteiger partial charge in [-0.25, -0.2) is 4.39 Å². The van der Waals surface area contributed by atoms with Gasteiger partial charge < -0.3 is 14.5 Å². The number of carbonyl (C=O) groups is 1. The molecule has 0 aliphatic carbocycles. The van der Waals surface area contributed by atoms with Crippen LogP contribution in [0.2, 0.25) is 0 Å². The molecule has 1 amide bonds. The van der Waals surface area contributed by atoms with Gasteiger partial charge in [0.1, 0.15) is 11.6 Å². The molecular formula is C15H21FN2O2. The number of rotatable bonds is 3. The predicted molar refractivity (Wildman–Crippen MR) is 75.6 cm³/mol. The minimum atomic E-state index is -0.504. The fourth-order valence-electron chi connectivity index (χ4n) is 2.53. The van der Waals surface area contributed by atoms with Gasteiger partial charge in [0.15, 0.2) is 0 Å². The molecule has 0 bridgehead atoms. The molecule has 1 aliphatic heterocycles. The van der Waals surface area contributed by atoms with Crippen LogP contribution in [0.25, 0.3) is 0 Å². The summed E-state index contributed by atoms with van der Waals surface area (Å²) in [7, 11) is 5.32. The molecule has 0 radical (unpaired) electrons. The van der Waals surface area contributed by atoms with Gasteiger partial charge in [0.25, 0.3) is 5.91 Å². The quantitative estimate of drug-likeness (QED) is 0.849. The Morgan fingerprint density at radius 1 is 1.40 bits per heavy atom. The smallest absolute Gasteiger partial charge is 0.256 e. The third kappa shape index (κ3) is 3.10. The molecule has 1 fully saturated rings. The summed E-state index contributed by atoms with van der Waals surface area (Å²) in [6.07, 6.45) is 1.84. The Bertz CT molecular complexity index is 485. The number of benzene rings is 1. The van der Waals surface area contributed by atoms with E-state index in [2.05, 4.69) is 11.9 Å². The summed E-state index contributed by atoms with van der Waals surface area (Å²) in [5.74, 6) is -0.293. The Kier molecular flexibility index (Phi) is 4.60. The summed E-state index contributed by atoms with van der Waals surface area (Å²) >= 11 is 0. The van der Waals surface area contributed by atoms with Crippen molar-refractivity contribution in [3.05, 3.63) is 29.6 Å². The minimum absolute atomic E-state index is 0.0748. The second-order valence-corrected chi connectivity index (χ2v) is 5.30. The molecule has 0 atom stereocenters.